The molecule has 36 heavy (non-hydrogen) atoms. The molecule has 2 heterocycles. The Morgan fingerprint density at radius 3 is 2.50 bits per heavy atom. The molecule has 1 aliphatic heterocycles. The van der Waals surface area contributed by atoms with Crippen molar-refractivity contribution in [1.82, 2.24) is 4.90 Å². The molecule has 1 saturated carbocycles. The van der Waals surface area contributed by atoms with Crippen molar-refractivity contribution in [3.63, 3.8) is 0 Å². The van der Waals surface area contributed by atoms with Gasteiger partial charge < -0.3 is 23.7 Å². The predicted octanol–water partition coefficient (Wildman–Crippen LogP) is 4.75. The van der Waals surface area contributed by atoms with E-state index in [2.05, 4.69) is 17.0 Å². The molecule has 1 aliphatic carbocycles. The van der Waals surface area contributed by atoms with Crippen LogP contribution in [0.2, 0.25) is 0 Å². The van der Waals surface area contributed by atoms with Crippen molar-refractivity contribution in [1.29, 1.82) is 0 Å². The second-order valence-electron chi connectivity index (χ2n) is 9.45. The third-order valence-corrected chi connectivity index (χ3v) is 7.11. The van der Waals surface area contributed by atoms with Crippen LogP contribution in [-0.2, 0) is 11.2 Å². The summed E-state index contributed by atoms with van der Waals surface area (Å²) in [6.45, 7) is 1.65. The number of furan rings is 1. The van der Waals surface area contributed by atoms with Crippen molar-refractivity contribution in [2.45, 2.75) is 44.2 Å². The summed E-state index contributed by atoms with van der Waals surface area (Å²) in [6.07, 6.45) is 6.81. The Morgan fingerprint density at radius 2 is 1.78 bits per heavy atom. The van der Waals surface area contributed by atoms with Crippen LogP contribution in [-0.4, -0.2) is 55.5 Å². The first-order valence-corrected chi connectivity index (χ1v) is 12.6. The lowest BCUT2D eigenvalue weighted by atomic mass is 10.0. The van der Waals surface area contributed by atoms with Crippen molar-refractivity contribution < 1.29 is 23.5 Å². The fraction of sp³-hybridized carbons (Fsp3) is 0.379. The second kappa shape index (κ2) is 10.9. The Hall–Kier alpha value is -3.74. The van der Waals surface area contributed by atoms with Crippen LogP contribution in [0.1, 0.15) is 41.8 Å². The Kier molecular flexibility index (Phi) is 7.26. The monoisotopic (exact) mass is 488 g/mol. The molecule has 0 bridgehead atoms. The average molecular weight is 489 g/mol. The van der Waals surface area contributed by atoms with Gasteiger partial charge in [-0.2, -0.15) is 0 Å². The normalized spacial score (nSPS) is 18.3. The number of carbonyl (C=O) groups excluding carboxylic acids is 2. The van der Waals surface area contributed by atoms with E-state index in [-0.39, 0.29) is 17.9 Å². The summed E-state index contributed by atoms with van der Waals surface area (Å²) < 4.78 is 17.1. The number of carbonyl (C=O) groups is 2. The maximum atomic E-state index is 13.2. The number of rotatable bonds is 8. The quantitative estimate of drug-likeness (QED) is 0.337. The van der Waals surface area contributed by atoms with E-state index in [0.717, 1.165) is 35.6 Å². The van der Waals surface area contributed by atoms with Gasteiger partial charge >= 0.3 is 0 Å². The Balaban J connectivity index is 1.38. The average Bonchev–Trinajstić information content (AvgIpc) is 3.63. The Bertz CT molecular complexity index is 1170. The number of ether oxygens (including phenoxy) is 2. The third-order valence-electron chi connectivity index (χ3n) is 7.11. The summed E-state index contributed by atoms with van der Waals surface area (Å²) in [6, 6.07) is 19.1. The molecule has 188 valence electrons. The highest BCUT2D eigenvalue weighted by atomic mass is 16.5. The predicted molar refractivity (Wildman–Crippen MR) is 137 cm³/mol. The molecule has 2 aromatic carbocycles. The molecule has 0 spiro atoms. The number of anilines is 1. The largest absolute Gasteiger partial charge is 0.493 e. The van der Waals surface area contributed by atoms with Gasteiger partial charge in [0.05, 0.1) is 25.5 Å². The van der Waals surface area contributed by atoms with Gasteiger partial charge in [-0.1, -0.05) is 30.3 Å². The van der Waals surface area contributed by atoms with Crippen LogP contribution in [0.15, 0.2) is 71.3 Å². The first kappa shape index (κ1) is 24.0. The van der Waals surface area contributed by atoms with E-state index >= 15 is 0 Å². The number of piperazine rings is 1. The van der Waals surface area contributed by atoms with Crippen LogP contribution in [0.3, 0.4) is 0 Å². The number of ketones is 1. The summed E-state index contributed by atoms with van der Waals surface area (Å²) in [7, 11) is 1.66. The maximum Gasteiger partial charge on any atom is 0.298 e. The zero-order valence-corrected chi connectivity index (χ0v) is 20.6. The number of amides is 1. The second-order valence-corrected chi connectivity index (χ2v) is 9.45. The number of hydrogen-bond donors (Lipinski definition) is 0. The number of hydrogen-bond acceptors (Lipinski definition) is 6. The highest BCUT2D eigenvalue weighted by Crippen LogP contribution is 2.36. The smallest absolute Gasteiger partial charge is 0.298 e. The van der Waals surface area contributed by atoms with Crippen LogP contribution in [0, 0.1) is 0 Å². The van der Waals surface area contributed by atoms with E-state index in [1.165, 1.54) is 25.2 Å². The highest BCUT2D eigenvalue weighted by molar-refractivity contribution is 6.42. The zero-order valence-electron chi connectivity index (χ0n) is 20.6. The molecular formula is C29H32N2O5. The van der Waals surface area contributed by atoms with E-state index in [0.29, 0.717) is 26.1 Å². The SMILES string of the molecule is COc1ccc(N2CCN(C(=O)C(=O)c3ccco3)[C@@H](Cc3ccccc3)C2)cc1OC1CCCC1. The molecule has 3 aromatic rings. The van der Waals surface area contributed by atoms with E-state index < -0.39 is 11.7 Å². The van der Waals surface area contributed by atoms with Crippen molar-refractivity contribution in [2.75, 3.05) is 31.6 Å². The molecule has 1 atom stereocenters. The van der Waals surface area contributed by atoms with E-state index in [1.807, 2.05) is 36.4 Å². The number of benzene rings is 2. The number of nitrogens with zero attached hydrogens (tertiary/aromatic N) is 2. The number of Topliss-reactive ketones (excluding diaryl/α,β-unsaturated/α-hetero) is 1. The minimum Gasteiger partial charge on any atom is -0.493 e. The highest BCUT2D eigenvalue weighted by Gasteiger charge is 2.35. The van der Waals surface area contributed by atoms with E-state index in [4.69, 9.17) is 13.9 Å². The lowest BCUT2D eigenvalue weighted by Gasteiger charge is -2.42. The van der Waals surface area contributed by atoms with Gasteiger partial charge in [0.15, 0.2) is 17.3 Å². The lowest BCUT2D eigenvalue weighted by molar-refractivity contribution is -0.129. The van der Waals surface area contributed by atoms with Gasteiger partial charge in [0.2, 0.25) is 0 Å². The van der Waals surface area contributed by atoms with Crippen LogP contribution in [0.25, 0.3) is 0 Å². The van der Waals surface area contributed by atoms with Crippen LogP contribution in [0.5, 0.6) is 11.5 Å². The van der Waals surface area contributed by atoms with Crippen LogP contribution < -0.4 is 14.4 Å². The minimum atomic E-state index is -0.608. The van der Waals surface area contributed by atoms with Crippen molar-refractivity contribution >= 4 is 17.4 Å². The molecule has 0 N–H and O–H groups in total. The molecule has 1 saturated heterocycles. The molecule has 2 aliphatic rings. The van der Waals surface area contributed by atoms with Crippen molar-refractivity contribution in [3.8, 4) is 11.5 Å². The third kappa shape index (κ3) is 5.25. The molecule has 1 amide bonds. The molecule has 5 rings (SSSR count). The van der Waals surface area contributed by atoms with Gasteiger partial charge in [0.25, 0.3) is 11.7 Å². The zero-order chi connectivity index (χ0) is 24.9. The summed E-state index contributed by atoms with van der Waals surface area (Å²) in [4.78, 5) is 30.0. The van der Waals surface area contributed by atoms with Gasteiger partial charge in [0.1, 0.15) is 0 Å². The van der Waals surface area contributed by atoms with E-state index in [1.54, 1.807) is 18.1 Å². The van der Waals surface area contributed by atoms with Crippen molar-refractivity contribution in [3.05, 3.63) is 78.3 Å². The fourth-order valence-electron chi connectivity index (χ4n) is 5.20. The van der Waals surface area contributed by atoms with Gasteiger partial charge in [-0.15, -0.1) is 0 Å². The molecule has 7 nitrogen and oxygen atoms in total. The first-order valence-electron chi connectivity index (χ1n) is 12.6. The van der Waals surface area contributed by atoms with Crippen LogP contribution >= 0.6 is 0 Å². The Labute approximate surface area is 211 Å². The molecular weight excluding hydrogens is 456 g/mol. The fourth-order valence-corrected chi connectivity index (χ4v) is 5.20. The lowest BCUT2D eigenvalue weighted by Crippen LogP contribution is -2.57. The number of methoxy groups -OCH3 is 1. The first-order chi connectivity index (χ1) is 17.6. The summed E-state index contributed by atoms with van der Waals surface area (Å²) in [5, 5.41) is 0. The van der Waals surface area contributed by atoms with Crippen LogP contribution in [0.4, 0.5) is 5.69 Å². The van der Waals surface area contributed by atoms with Gasteiger partial charge in [-0.05, 0) is 61.9 Å². The molecule has 7 heteroatoms. The van der Waals surface area contributed by atoms with Gasteiger partial charge in [-0.25, -0.2) is 0 Å². The summed E-state index contributed by atoms with van der Waals surface area (Å²) in [5.74, 6) is 0.427. The van der Waals surface area contributed by atoms with E-state index in [9.17, 15) is 9.59 Å². The Morgan fingerprint density at radius 1 is 0.972 bits per heavy atom. The topological polar surface area (TPSA) is 72.2 Å². The maximum absolute atomic E-state index is 13.2. The standard InChI is InChI=1S/C29H32N2O5/c1-34-25-14-13-22(19-27(25)36-24-10-5-6-11-24)30-15-16-31(29(33)28(32)26-12-7-17-35-26)23(20-30)18-21-8-3-2-4-9-21/h2-4,7-9,12-14,17,19,23-24H,5-6,10-11,15-16,18,20H2,1H3/t23-/m0/s1. The summed E-state index contributed by atoms with van der Waals surface area (Å²) >= 11 is 0. The molecule has 1 aromatic heterocycles. The van der Waals surface area contributed by atoms with Gasteiger partial charge in [0, 0.05) is 31.4 Å². The van der Waals surface area contributed by atoms with Gasteiger partial charge in [-0.3, -0.25) is 9.59 Å². The molecule has 2 fully saturated rings. The molecule has 0 radical (unpaired) electrons. The van der Waals surface area contributed by atoms with Crippen molar-refractivity contribution in [2.24, 2.45) is 0 Å². The summed E-state index contributed by atoms with van der Waals surface area (Å²) in [5.41, 5.74) is 2.14. The minimum absolute atomic E-state index is 0.0738. The molecule has 0 unspecified atom stereocenters.